The molecule has 3 N–H and O–H groups in total. The van der Waals surface area contributed by atoms with Gasteiger partial charge in [0.15, 0.2) is 0 Å². The third-order valence-corrected chi connectivity index (χ3v) is 3.11. The summed E-state index contributed by atoms with van der Waals surface area (Å²) in [7, 11) is 2.63. The second kappa shape index (κ2) is 4.85. The van der Waals surface area contributed by atoms with Gasteiger partial charge in [-0.3, -0.25) is 0 Å². The van der Waals surface area contributed by atoms with Gasteiger partial charge in [-0.25, -0.2) is 4.39 Å². The molecular weight excluding hydrogens is 223 g/mol. The van der Waals surface area contributed by atoms with Gasteiger partial charge >= 0.3 is 8.25 Å². The summed E-state index contributed by atoms with van der Waals surface area (Å²) in [6.45, 7) is 1.31. The van der Waals surface area contributed by atoms with E-state index in [1.807, 2.05) is 0 Å². The van der Waals surface area contributed by atoms with Gasteiger partial charge in [-0.05, 0) is 0 Å². The Morgan fingerprint density at radius 3 is 2.73 bits per heavy atom. The lowest BCUT2D eigenvalue weighted by molar-refractivity contribution is -0.0549. The van der Waals surface area contributed by atoms with Gasteiger partial charge < -0.3 is 10.5 Å². The van der Waals surface area contributed by atoms with Crippen molar-refractivity contribution in [3.63, 3.8) is 0 Å². The van der Waals surface area contributed by atoms with Crippen molar-refractivity contribution in [2.75, 3.05) is 13.2 Å². The van der Waals surface area contributed by atoms with Crippen molar-refractivity contribution in [2.24, 2.45) is 11.7 Å². The molecule has 1 rings (SSSR count). The molecule has 1 heterocycles. The van der Waals surface area contributed by atoms with Crippen molar-refractivity contribution in [3.05, 3.63) is 0 Å². The summed E-state index contributed by atoms with van der Waals surface area (Å²) in [6.07, 6.45) is -1.35. The Hall–Kier alpha value is -0.0651. The first-order valence-corrected chi connectivity index (χ1v) is 5.62. The number of nitrogens with two attached hydrogens (primary N) is 1. The second-order valence-corrected chi connectivity index (χ2v) is 4.33. The van der Waals surface area contributed by atoms with Crippen molar-refractivity contribution in [1.82, 2.24) is 0 Å². The average Bonchev–Trinajstić information content (AvgIpc) is 2.41. The zero-order valence-electron chi connectivity index (χ0n) is 8.30. The zero-order chi connectivity index (χ0) is 11.6. The summed E-state index contributed by atoms with van der Waals surface area (Å²) in [5.74, 6) is -0.576. The largest absolute Gasteiger partial charge is 0.694 e. The fourth-order valence-corrected chi connectivity index (χ4v) is 1.97. The molecule has 0 saturated carbocycles. The molecule has 1 saturated heterocycles. The molecular formula is C7H13BFNO4P+. The Morgan fingerprint density at radius 2 is 2.40 bits per heavy atom. The van der Waals surface area contributed by atoms with E-state index in [1.54, 1.807) is 6.92 Å². The molecule has 0 amide bonds. The lowest BCUT2D eigenvalue weighted by Gasteiger charge is -2.28. The highest BCUT2D eigenvalue weighted by Crippen LogP contribution is 2.38. The molecule has 1 aliphatic rings. The van der Waals surface area contributed by atoms with Crippen LogP contribution in [-0.2, 0) is 13.8 Å². The fourth-order valence-electron chi connectivity index (χ4n) is 1.64. The molecule has 5 nitrogen and oxygen atoms in total. The maximum Gasteiger partial charge on any atom is 0.694 e. The van der Waals surface area contributed by atoms with E-state index in [0.717, 1.165) is 0 Å². The van der Waals surface area contributed by atoms with Crippen LogP contribution in [0.15, 0.2) is 0 Å². The van der Waals surface area contributed by atoms with Gasteiger partial charge in [0.2, 0.25) is 0 Å². The SMILES string of the molecule is [B][C@@H]1O[C@](CN)(CO[P+](=O)O)C(C)[C@@H]1F. The minimum Gasteiger partial charge on any atom is -0.374 e. The molecule has 0 spiro atoms. The highest BCUT2D eigenvalue weighted by molar-refractivity contribution is 7.32. The van der Waals surface area contributed by atoms with Crippen molar-refractivity contribution >= 4 is 16.1 Å². The Labute approximate surface area is 89.5 Å². The lowest BCUT2D eigenvalue weighted by atomic mass is 9.84. The van der Waals surface area contributed by atoms with E-state index in [0.29, 0.717) is 0 Å². The van der Waals surface area contributed by atoms with Crippen LogP contribution < -0.4 is 5.73 Å². The van der Waals surface area contributed by atoms with Crippen LogP contribution in [-0.4, -0.2) is 43.7 Å². The predicted octanol–water partition coefficient (Wildman–Crippen LogP) is -0.151. The molecule has 8 heteroatoms. The maximum absolute atomic E-state index is 13.4. The first-order valence-electron chi connectivity index (χ1n) is 4.49. The van der Waals surface area contributed by atoms with Crippen molar-refractivity contribution in [3.8, 4) is 0 Å². The molecule has 5 atom stereocenters. The number of rotatable bonds is 4. The monoisotopic (exact) mass is 236 g/mol. The third kappa shape index (κ3) is 2.54. The van der Waals surface area contributed by atoms with Crippen LogP contribution >= 0.6 is 8.25 Å². The summed E-state index contributed by atoms with van der Waals surface area (Å²) in [5.41, 5.74) is 4.35. The highest BCUT2D eigenvalue weighted by atomic mass is 31.1. The third-order valence-electron chi connectivity index (χ3n) is 2.76. The smallest absolute Gasteiger partial charge is 0.374 e. The van der Waals surface area contributed by atoms with Gasteiger partial charge in [0.05, 0.1) is 0 Å². The second-order valence-electron chi connectivity index (χ2n) is 3.60. The van der Waals surface area contributed by atoms with Crippen LogP contribution in [0.3, 0.4) is 0 Å². The number of hydrogen-bond acceptors (Lipinski definition) is 4. The average molecular weight is 236 g/mol. The van der Waals surface area contributed by atoms with Crippen molar-refractivity contribution in [2.45, 2.75) is 24.7 Å². The molecule has 84 valence electrons. The van der Waals surface area contributed by atoms with Gasteiger partial charge in [-0.2, -0.15) is 0 Å². The van der Waals surface area contributed by atoms with E-state index in [-0.39, 0.29) is 13.2 Å². The van der Waals surface area contributed by atoms with E-state index >= 15 is 0 Å². The standard InChI is InChI=1S/C7H12BFNO4P/c1-4-5(9)6(8)14-7(4,2-10)3-13-15(11)12/h4-6H,2-3,10H2,1H3/p+1/t4?,5-,6+,7+/m0/s1. The maximum atomic E-state index is 13.4. The lowest BCUT2D eigenvalue weighted by Crippen LogP contribution is -2.47. The van der Waals surface area contributed by atoms with Gasteiger partial charge in [0, 0.05) is 23.0 Å². The molecule has 0 bridgehead atoms. The van der Waals surface area contributed by atoms with Crippen LogP contribution in [0.25, 0.3) is 0 Å². The highest BCUT2D eigenvalue weighted by Gasteiger charge is 2.52. The first-order chi connectivity index (χ1) is 6.93. The number of alkyl halides is 1. The van der Waals surface area contributed by atoms with Crippen molar-refractivity contribution in [1.29, 1.82) is 0 Å². The van der Waals surface area contributed by atoms with E-state index in [2.05, 4.69) is 4.52 Å². The quantitative estimate of drug-likeness (QED) is 0.523. The fraction of sp³-hybridized carbons (Fsp3) is 1.00. The zero-order valence-corrected chi connectivity index (χ0v) is 9.19. The van der Waals surface area contributed by atoms with Gasteiger partial charge in [-0.1, -0.05) is 6.92 Å². The molecule has 0 aliphatic carbocycles. The van der Waals surface area contributed by atoms with Crippen molar-refractivity contribution < 1.29 is 23.1 Å². The molecule has 2 unspecified atom stereocenters. The van der Waals surface area contributed by atoms with E-state index in [1.165, 1.54) is 0 Å². The van der Waals surface area contributed by atoms with Crippen LogP contribution in [0.5, 0.6) is 0 Å². The Morgan fingerprint density at radius 1 is 1.80 bits per heavy atom. The van der Waals surface area contributed by atoms with Crippen LogP contribution in [0.1, 0.15) is 6.92 Å². The Balaban J connectivity index is 2.72. The Bertz CT molecular complexity index is 259. The molecule has 2 radical (unpaired) electrons. The Kier molecular flexibility index (Phi) is 4.20. The topological polar surface area (TPSA) is 81.8 Å². The van der Waals surface area contributed by atoms with Crippen LogP contribution in [0, 0.1) is 5.92 Å². The number of ether oxygens (including phenoxy) is 1. The van der Waals surface area contributed by atoms with Crippen LogP contribution in [0.2, 0.25) is 0 Å². The van der Waals surface area contributed by atoms with Gasteiger partial charge in [0.1, 0.15) is 26.2 Å². The molecule has 15 heavy (non-hydrogen) atoms. The minimum atomic E-state index is -2.75. The molecule has 0 aromatic rings. The molecule has 1 aliphatic heterocycles. The molecule has 1 fully saturated rings. The minimum absolute atomic E-state index is 0.0224. The van der Waals surface area contributed by atoms with E-state index in [9.17, 15) is 8.96 Å². The predicted molar refractivity (Wildman–Crippen MR) is 52.2 cm³/mol. The summed E-state index contributed by atoms with van der Waals surface area (Å²) in [6, 6.07) is -1.07. The summed E-state index contributed by atoms with van der Waals surface area (Å²) < 4.78 is 33.5. The van der Waals surface area contributed by atoms with E-state index in [4.69, 9.17) is 23.2 Å². The molecule has 0 aromatic heterocycles. The first kappa shape index (κ1) is 13.0. The molecule has 0 aromatic carbocycles. The van der Waals surface area contributed by atoms with Crippen LogP contribution in [0.4, 0.5) is 4.39 Å². The normalized spacial score (nSPS) is 41.9. The number of halogens is 1. The van der Waals surface area contributed by atoms with Gasteiger partial charge in [0.25, 0.3) is 0 Å². The summed E-state index contributed by atoms with van der Waals surface area (Å²) >= 11 is 0. The summed E-state index contributed by atoms with van der Waals surface area (Å²) in [4.78, 5) is 8.51. The number of hydrogen-bond donors (Lipinski definition) is 2. The van der Waals surface area contributed by atoms with E-state index < -0.39 is 31.9 Å². The summed E-state index contributed by atoms with van der Waals surface area (Å²) in [5, 5.41) is 0. The van der Waals surface area contributed by atoms with Gasteiger partial charge in [-0.15, -0.1) is 9.42 Å².